The van der Waals surface area contributed by atoms with Crippen molar-refractivity contribution in [1.82, 2.24) is 5.32 Å². The number of alkyl carbamates (subject to hydrolysis) is 1. The zero-order valence-electron chi connectivity index (χ0n) is 8.95. The van der Waals surface area contributed by atoms with Crippen LogP contribution in [0.15, 0.2) is 12.2 Å². The number of hydrogen-bond donors (Lipinski definition) is 1. The molecule has 1 N–H and O–H groups in total. The van der Waals surface area contributed by atoms with E-state index in [1.165, 1.54) is 6.42 Å². The number of carbonyl (C=O) groups excluding carboxylic acids is 1. The highest BCUT2D eigenvalue weighted by molar-refractivity contribution is 5.67. The second-order valence-corrected chi connectivity index (χ2v) is 3.99. The third-order valence-corrected chi connectivity index (χ3v) is 2.26. The first-order chi connectivity index (χ1) is 6.68. The molecule has 1 rings (SSSR count). The maximum absolute atomic E-state index is 11.1. The molecule has 0 spiro atoms. The lowest BCUT2D eigenvalue weighted by Gasteiger charge is -2.18. The number of allylic oxidation sites excluding steroid dienone is 2. The number of amides is 1. The highest BCUT2D eigenvalue weighted by Gasteiger charge is 2.11. The molecule has 0 saturated heterocycles. The lowest BCUT2D eigenvalue weighted by atomic mass is 9.94. The average Bonchev–Trinajstić information content (AvgIpc) is 2.15. The fourth-order valence-electron chi connectivity index (χ4n) is 1.53. The Bertz CT molecular complexity index is 211. The molecule has 80 valence electrons. The topological polar surface area (TPSA) is 38.3 Å². The standard InChI is InChI=1S/C11H19NO2/c1-9(2)14-11(13)12-8-10-6-4-3-5-7-10/h3-4,9-10H,5-8H2,1-2H3,(H,12,13). The summed E-state index contributed by atoms with van der Waals surface area (Å²) < 4.78 is 4.97. The zero-order chi connectivity index (χ0) is 10.4. The summed E-state index contributed by atoms with van der Waals surface area (Å²) in [7, 11) is 0. The van der Waals surface area contributed by atoms with Crippen molar-refractivity contribution in [2.24, 2.45) is 5.92 Å². The van der Waals surface area contributed by atoms with Gasteiger partial charge in [-0.1, -0.05) is 12.2 Å². The van der Waals surface area contributed by atoms with Crippen LogP contribution < -0.4 is 5.32 Å². The number of ether oxygens (including phenoxy) is 1. The van der Waals surface area contributed by atoms with Crippen molar-refractivity contribution in [3.8, 4) is 0 Å². The molecule has 3 nitrogen and oxygen atoms in total. The van der Waals surface area contributed by atoms with Gasteiger partial charge in [0.15, 0.2) is 0 Å². The molecule has 0 aromatic rings. The Morgan fingerprint density at radius 3 is 2.93 bits per heavy atom. The fourth-order valence-corrected chi connectivity index (χ4v) is 1.53. The van der Waals surface area contributed by atoms with Crippen molar-refractivity contribution < 1.29 is 9.53 Å². The van der Waals surface area contributed by atoms with E-state index >= 15 is 0 Å². The minimum Gasteiger partial charge on any atom is -0.447 e. The van der Waals surface area contributed by atoms with Gasteiger partial charge in [0.2, 0.25) is 0 Å². The van der Waals surface area contributed by atoms with E-state index in [9.17, 15) is 4.79 Å². The first-order valence-corrected chi connectivity index (χ1v) is 5.28. The van der Waals surface area contributed by atoms with Crippen LogP contribution in [-0.4, -0.2) is 18.7 Å². The van der Waals surface area contributed by atoms with Crippen molar-refractivity contribution in [2.45, 2.75) is 39.2 Å². The smallest absolute Gasteiger partial charge is 0.407 e. The molecule has 0 fully saturated rings. The number of nitrogens with one attached hydrogen (secondary N) is 1. The Labute approximate surface area is 85.5 Å². The molecule has 0 bridgehead atoms. The third-order valence-electron chi connectivity index (χ3n) is 2.26. The highest BCUT2D eigenvalue weighted by atomic mass is 16.6. The van der Waals surface area contributed by atoms with E-state index in [4.69, 9.17) is 4.74 Å². The van der Waals surface area contributed by atoms with E-state index < -0.39 is 0 Å². The van der Waals surface area contributed by atoms with Crippen LogP contribution in [0.1, 0.15) is 33.1 Å². The zero-order valence-corrected chi connectivity index (χ0v) is 8.95. The van der Waals surface area contributed by atoms with E-state index in [1.54, 1.807) is 0 Å². The first-order valence-electron chi connectivity index (χ1n) is 5.28. The number of carbonyl (C=O) groups is 1. The van der Waals surface area contributed by atoms with Gasteiger partial charge in [-0.2, -0.15) is 0 Å². The van der Waals surface area contributed by atoms with E-state index in [1.807, 2.05) is 13.8 Å². The quantitative estimate of drug-likeness (QED) is 0.706. The highest BCUT2D eigenvalue weighted by Crippen LogP contribution is 2.16. The van der Waals surface area contributed by atoms with Crippen LogP contribution in [0.25, 0.3) is 0 Å². The number of hydrogen-bond acceptors (Lipinski definition) is 2. The van der Waals surface area contributed by atoms with Crippen LogP contribution >= 0.6 is 0 Å². The van der Waals surface area contributed by atoms with Crippen LogP contribution in [0.4, 0.5) is 4.79 Å². The molecule has 1 amide bonds. The van der Waals surface area contributed by atoms with Gasteiger partial charge in [0.1, 0.15) is 0 Å². The number of rotatable bonds is 3. The summed E-state index contributed by atoms with van der Waals surface area (Å²) >= 11 is 0. The molecular weight excluding hydrogens is 178 g/mol. The maximum Gasteiger partial charge on any atom is 0.407 e. The molecule has 0 radical (unpaired) electrons. The van der Waals surface area contributed by atoms with Crippen LogP contribution in [-0.2, 0) is 4.74 Å². The van der Waals surface area contributed by atoms with Gasteiger partial charge < -0.3 is 10.1 Å². The van der Waals surface area contributed by atoms with Gasteiger partial charge in [-0.25, -0.2) is 4.79 Å². The van der Waals surface area contributed by atoms with E-state index in [0.29, 0.717) is 5.92 Å². The molecule has 0 aromatic carbocycles. The molecular formula is C11H19NO2. The molecule has 3 heteroatoms. The van der Waals surface area contributed by atoms with Crippen LogP contribution in [0.3, 0.4) is 0 Å². The van der Waals surface area contributed by atoms with Gasteiger partial charge in [-0.15, -0.1) is 0 Å². The Morgan fingerprint density at radius 2 is 2.36 bits per heavy atom. The Hall–Kier alpha value is -0.990. The fraction of sp³-hybridized carbons (Fsp3) is 0.727. The van der Waals surface area contributed by atoms with Crippen molar-refractivity contribution in [1.29, 1.82) is 0 Å². The van der Waals surface area contributed by atoms with Crippen LogP contribution in [0.2, 0.25) is 0 Å². The van der Waals surface area contributed by atoms with E-state index in [-0.39, 0.29) is 12.2 Å². The molecule has 0 heterocycles. The predicted molar refractivity (Wildman–Crippen MR) is 56.1 cm³/mol. The molecule has 0 aromatic heterocycles. The minimum atomic E-state index is -0.297. The van der Waals surface area contributed by atoms with Crippen molar-refractivity contribution >= 4 is 6.09 Å². The van der Waals surface area contributed by atoms with Gasteiger partial charge in [-0.3, -0.25) is 0 Å². The minimum absolute atomic E-state index is 0.0405. The summed E-state index contributed by atoms with van der Waals surface area (Å²) in [5.74, 6) is 0.583. The Balaban J connectivity index is 2.13. The molecule has 1 atom stereocenters. The normalized spacial score (nSPS) is 20.9. The molecule has 0 aliphatic heterocycles. The van der Waals surface area contributed by atoms with Crippen molar-refractivity contribution in [3.63, 3.8) is 0 Å². The molecule has 0 saturated carbocycles. The summed E-state index contributed by atoms with van der Waals surface area (Å²) in [5, 5.41) is 2.79. The van der Waals surface area contributed by atoms with Gasteiger partial charge in [-0.05, 0) is 39.0 Å². The van der Waals surface area contributed by atoms with Crippen molar-refractivity contribution in [3.05, 3.63) is 12.2 Å². The lowest BCUT2D eigenvalue weighted by Crippen LogP contribution is -2.31. The third kappa shape index (κ3) is 4.30. The Morgan fingerprint density at radius 1 is 1.57 bits per heavy atom. The first kappa shape index (κ1) is 11.1. The van der Waals surface area contributed by atoms with Crippen molar-refractivity contribution in [2.75, 3.05) is 6.54 Å². The largest absolute Gasteiger partial charge is 0.447 e. The second-order valence-electron chi connectivity index (χ2n) is 3.99. The molecule has 1 unspecified atom stereocenters. The van der Waals surface area contributed by atoms with E-state index in [0.717, 1.165) is 19.4 Å². The van der Waals surface area contributed by atoms with Crippen LogP contribution in [0, 0.1) is 5.92 Å². The van der Waals surface area contributed by atoms with Crippen LogP contribution in [0.5, 0.6) is 0 Å². The second kappa shape index (κ2) is 5.68. The lowest BCUT2D eigenvalue weighted by molar-refractivity contribution is 0.114. The van der Waals surface area contributed by atoms with E-state index in [2.05, 4.69) is 17.5 Å². The monoisotopic (exact) mass is 197 g/mol. The summed E-state index contributed by atoms with van der Waals surface area (Å²) in [6.07, 6.45) is 7.41. The SMILES string of the molecule is CC(C)OC(=O)NCC1CC=CCC1. The average molecular weight is 197 g/mol. The Kier molecular flexibility index (Phi) is 4.50. The summed E-state index contributed by atoms with van der Waals surface area (Å²) in [5.41, 5.74) is 0. The molecule has 1 aliphatic rings. The van der Waals surface area contributed by atoms with Gasteiger partial charge in [0, 0.05) is 6.54 Å². The molecule has 14 heavy (non-hydrogen) atoms. The predicted octanol–water partition coefficient (Wildman–Crippen LogP) is 2.48. The summed E-state index contributed by atoms with van der Waals surface area (Å²) in [6, 6.07) is 0. The maximum atomic E-state index is 11.1. The van der Waals surface area contributed by atoms with Gasteiger partial charge >= 0.3 is 6.09 Å². The van der Waals surface area contributed by atoms with Gasteiger partial charge in [0.25, 0.3) is 0 Å². The molecule has 1 aliphatic carbocycles. The summed E-state index contributed by atoms with van der Waals surface area (Å²) in [6.45, 7) is 4.43. The summed E-state index contributed by atoms with van der Waals surface area (Å²) in [4.78, 5) is 11.1. The van der Waals surface area contributed by atoms with Gasteiger partial charge in [0.05, 0.1) is 6.10 Å².